The highest BCUT2D eigenvalue weighted by molar-refractivity contribution is 7.17. The number of halogens is 2. The van der Waals surface area contributed by atoms with Crippen molar-refractivity contribution in [3.05, 3.63) is 61.8 Å². The molecule has 2 aromatic heterocycles. The molecule has 5 rings (SSSR count). The molecule has 3 heterocycles. The minimum Gasteiger partial charge on any atom is -0.462 e. The Hall–Kier alpha value is -3.08. The van der Waals surface area contributed by atoms with Crippen LogP contribution in [0, 0.1) is 18.8 Å². The number of rotatable bonds is 8. The van der Waals surface area contributed by atoms with Gasteiger partial charge in [0.25, 0.3) is 5.91 Å². The van der Waals surface area contributed by atoms with Gasteiger partial charge in [-0.2, -0.15) is 0 Å². The van der Waals surface area contributed by atoms with Crippen LogP contribution < -0.4 is 15.5 Å². The van der Waals surface area contributed by atoms with Crippen LogP contribution in [0.4, 0.5) is 10.8 Å². The van der Waals surface area contributed by atoms with Gasteiger partial charge in [0.15, 0.2) is 5.13 Å². The predicted molar refractivity (Wildman–Crippen MR) is 148 cm³/mol. The van der Waals surface area contributed by atoms with Crippen molar-refractivity contribution in [1.29, 1.82) is 0 Å². The molecule has 1 aliphatic carbocycles. The summed E-state index contributed by atoms with van der Waals surface area (Å²) < 4.78 is 5.30. The summed E-state index contributed by atoms with van der Waals surface area (Å²) in [5.74, 6) is -0.231. The summed E-state index contributed by atoms with van der Waals surface area (Å²) in [7, 11) is 0. The molecule has 9 nitrogen and oxygen atoms in total. The molecule has 2 fully saturated rings. The van der Waals surface area contributed by atoms with Gasteiger partial charge in [-0.15, -0.1) is 0 Å². The fourth-order valence-corrected chi connectivity index (χ4v) is 6.37. The standard InChI is InChI=1S/C26H27Cl2N5O4S/c1-4-37-25(36)23-18(9-14-6-5-7-15(8-14)30-13(3)34)31-26(38-23)33-10-16-17(11-33)21(16)32-24(35)22-20(28)19(27)12(2)29-22/h5-8,16-17,21,29H,4,9-11H2,1-3H3,(H,30,34)(H,32,35)/t16-,17+,21?. The number of fused-ring (bicyclic) bond motifs is 1. The van der Waals surface area contributed by atoms with Gasteiger partial charge < -0.3 is 25.3 Å². The van der Waals surface area contributed by atoms with E-state index in [9.17, 15) is 14.4 Å². The number of esters is 1. The molecule has 2 amide bonds. The molecule has 12 heteroatoms. The van der Waals surface area contributed by atoms with E-state index in [-0.39, 0.29) is 47.0 Å². The van der Waals surface area contributed by atoms with Gasteiger partial charge in [0.2, 0.25) is 5.91 Å². The number of ether oxygens (including phenoxy) is 1. The Kier molecular flexibility index (Phi) is 7.39. The maximum atomic E-state index is 12.7. The largest absolute Gasteiger partial charge is 0.462 e. The number of nitrogens with one attached hydrogen (secondary N) is 3. The summed E-state index contributed by atoms with van der Waals surface area (Å²) >= 11 is 13.6. The first-order chi connectivity index (χ1) is 18.2. The Morgan fingerprint density at radius 3 is 2.58 bits per heavy atom. The molecule has 3 aromatic rings. The van der Waals surface area contributed by atoms with E-state index in [1.165, 1.54) is 18.3 Å². The zero-order valence-corrected chi connectivity index (χ0v) is 23.4. The first-order valence-electron chi connectivity index (χ1n) is 12.3. The fourth-order valence-electron chi connectivity index (χ4n) is 4.95. The average Bonchev–Trinajstić information content (AvgIpc) is 3.21. The molecule has 200 valence electrons. The lowest BCUT2D eigenvalue weighted by Crippen LogP contribution is -2.34. The predicted octanol–water partition coefficient (Wildman–Crippen LogP) is 4.68. The van der Waals surface area contributed by atoms with Gasteiger partial charge >= 0.3 is 5.97 Å². The summed E-state index contributed by atoms with van der Waals surface area (Å²) in [5, 5.41) is 7.20. The molecular formula is C26H27Cl2N5O4S. The van der Waals surface area contributed by atoms with Gasteiger partial charge in [0.05, 0.1) is 22.3 Å². The second-order valence-electron chi connectivity index (χ2n) is 9.54. The average molecular weight is 577 g/mol. The number of aromatic amines is 1. The lowest BCUT2D eigenvalue weighted by atomic mass is 10.1. The zero-order valence-electron chi connectivity index (χ0n) is 21.1. The van der Waals surface area contributed by atoms with Crippen molar-refractivity contribution in [1.82, 2.24) is 15.3 Å². The molecular weight excluding hydrogens is 549 g/mol. The third-order valence-corrected chi connectivity index (χ3v) is 8.89. The summed E-state index contributed by atoms with van der Waals surface area (Å²) in [4.78, 5) is 47.3. The lowest BCUT2D eigenvalue weighted by Gasteiger charge is -2.19. The van der Waals surface area contributed by atoms with Crippen LogP contribution in [-0.2, 0) is 16.0 Å². The van der Waals surface area contributed by atoms with Crippen LogP contribution in [-0.4, -0.2) is 53.5 Å². The molecule has 2 aliphatic rings. The number of hydrogen-bond acceptors (Lipinski definition) is 7. The number of hydrogen-bond donors (Lipinski definition) is 3. The Labute approximate surface area is 233 Å². The van der Waals surface area contributed by atoms with Crippen LogP contribution in [0.2, 0.25) is 10.0 Å². The van der Waals surface area contributed by atoms with Gasteiger partial charge in [-0.05, 0) is 31.5 Å². The lowest BCUT2D eigenvalue weighted by molar-refractivity contribution is -0.114. The number of carbonyl (C=O) groups excluding carboxylic acids is 3. The Morgan fingerprint density at radius 1 is 1.21 bits per heavy atom. The number of amides is 2. The van der Waals surface area contributed by atoms with Crippen LogP contribution in [0.25, 0.3) is 0 Å². The zero-order chi connectivity index (χ0) is 27.1. The summed E-state index contributed by atoms with van der Waals surface area (Å²) in [5.41, 5.74) is 3.19. The van der Waals surface area contributed by atoms with Gasteiger partial charge in [-0.1, -0.05) is 46.7 Å². The van der Waals surface area contributed by atoms with E-state index in [4.69, 9.17) is 32.9 Å². The highest BCUT2D eigenvalue weighted by atomic mass is 35.5. The molecule has 1 aliphatic heterocycles. The Bertz CT molecular complexity index is 1410. The van der Waals surface area contributed by atoms with Gasteiger partial charge in [-0.3, -0.25) is 9.59 Å². The molecule has 3 atom stereocenters. The number of nitrogens with zero attached hydrogens (tertiary/aromatic N) is 2. The highest BCUT2D eigenvalue weighted by Crippen LogP contribution is 2.48. The number of aromatic nitrogens is 2. The van der Waals surface area contributed by atoms with Gasteiger partial charge in [0, 0.05) is 55.7 Å². The topological polar surface area (TPSA) is 116 Å². The van der Waals surface area contributed by atoms with E-state index < -0.39 is 5.97 Å². The van der Waals surface area contributed by atoms with Crippen molar-refractivity contribution in [2.75, 3.05) is 29.9 Å². The van der Waals surface area contributed by atoms with Crippen molar-refractivity contribution in [3.8, 4) is 0 Å². The molecule has 0 spiro atoms. The van der Waals surface area contributed by atoms with Crippen molar-refractivity contribution in [2.45, 2.75) is 33.2 Å². The Morgan fingerprint density at radius 2 is 1.95 bits per heavy atom. The van der Waals surface area contributed by atoms with Crippen molar-refractivity contribution < 1.29 is 19.1 Å². The quantitative estimate of drug-likeness (QED) is 0.336. The van der Waals surface area contributed by atoms with Crippen LogP contribution in [0.3, 0.4) is 0 Å². The van der Waals surface area contributed by atoms with E-state index in [1.807, 2.05) is 24.3 Å². The second-order valence-corrected chi connectivity index (χ2v) is 11.3. The molecule has 1 aromatic carbocycles. The van der Waals surface area contributed by atoms with Crippen molar-refractivity contribution in [2.24, 2.45) is 11.8 Å². The summed E-state index contributed by atoms with van der Waals surface area (Å²) in [6.07, 6.45) is 0.427. The number of benzene rings is 1. The first-order valence-corrected chi connectivity index (χ1v) is 13.9. The highest BCUT2D eigenvalue weighted by Gasteiger charge is 2.57. The minimum atomic E-state index is -0.393. The SMILES string of the molecule is CCOC(=O)c1sc(N2C[C@@H]3C(NC(=O)c4[nH]c(C)c(Cl)c4Cl)[C@@H]3C2)nc1Cc1cccc(NC(C)=O)c1. The number of anilines is 2. The monoisotopic (exact) mass is 575 g/mol. The van der Waals surface area contributed by atoms with Crippen LogP contribution in [0.5, 0.6) is 0 Å². The molecule has 1 unspecified atom stereocenters. The maximum Gasteiger partial charge on any atom is 0.350 e. The maximum absolute atomic E-state index is 12.7. The molecule has 38 heavy (non-hydrogen) atoms. The third kappa shape index (κ3) is 5.25. The summed E-state index contributed by atoms with van der Waals surface area (Å²) in [6, 6.07) is 7.53. The van der Waals surface area contributed by atoms with Gasteiger partial charge in [-0.25, -0.2) is 9.78 Å². The minimum absolute atomic E-state index is 0.0534. The number of aryl methyl sites for hydroxylation is 1. The smallest absolute Gasteiger partial charge is 0.350 e. The molecule has 1 saturated carbocycles. The van der Waals surface area contributed by atoms with Crippen molar-refractivity contribution in [3.63, 3.8) is 0 Å². The molecule has 0 bridgehead atoms. The number of thiazole rings is 1. The third-order valence-electron chi connectivity index (χ3n) is 6.81. The molecule has 1 saturated heterocycles. The normalized spacial score (nSPS) is 19.7. The summed E-state index contributed by atoms with van der Waals surface area (Å²) in [6.45, 7) is 6.72. The Balaban J connectivity index is 1.28. The van der Waals surface area contributed by atoms with Crippen molar-refractivity contribution >= 4 is 63.1 Å². The fraction of sp³-hybridized carbons (Fsp3) is 0.385. The van der Waals surface area contributed by atoms with E-state index in [0.29, 0.717) is 33.4 Å². The van der Waals surface area contributed by atoms with Crippen LogP contribution >= 0.6 is 34.5 Å². The van der Waals surface area contributed by atoms with E-state index in [0.717, 1.165) is 23.8 Å². The number of piperidine rings is 1. The van der Waals surface area contributed by atoms with Crippen LogP contribution in [0.1, 0.15) is 51.0 Å². The van der Waals surface area contributed by atoms with Gasteiger partial charge in [0.1, 0.15) is 10.6 Å². The second kappa shape index (κ2) is 10.6. The van der Waals surface area contributed by atoms with E-state index >= 15 is 0 Å². The van der Waals surface area contributed by atoms with E-state index in [2.05, 4.69) is 20.5 Å². The first kappa shape index (κ1) is 26.5. The van der Waals surface area contributed by atoms with Crippen LogP contribution in [0.15, 0.2) is 24.3 Å². The number of H-pyrrole nitrogens is 1. The molecule has 3 N–H and O–H groups in total. The molecule has 0 radical (unpaired) electrons. The number of carbonyl (C=O) groups is 3. The van der Waals surface area contributed by atoms with E-state index in [1.54, 1.807) is 13.8 Å².